The summed E-state index contributed by atoms with van der Waals surface area (Å²) in [6.45, 7) is 0.221. The smallest absolute Gasteiger partial charge is 0.408 e. The first-order valence-electron chi connectivity index (χ1n) is 11.1. The molecule has 2 aromatic carbocycles. The van der Waals surface area contributed by atoms with Crippen LogP contribution in [0, 0.1) is 0 Å². The van der Waals surface area contributed by atoms with Crippen LogP contribution in [0.25, 0.3) is 0 Å². The molecule has 1 aromatic heterocycles. The molecule has 178 valence electrons. The summed E-state index contributed by atoms with van der Waals surface area (Å²) in [6, 6.07) is 10.7. The SMILES string of the molecule is CN1CN(c2c(Cl)cccc2Cl)C(=O)c2cnc(Nc3ccc4c(c3)C3CCC4N3C(=O)O)nc21. The van der Waals surface area contributed by atoms with Gasteiger partial charge in [-0.15, -0.1) is 0 Å². The molecule has 11 heteroatoms. The number of hydrogen-bond acceptors (Lipinski definition) is 6. The van der Waals surface area contributed by atoms with Crippen molar-refractivity contribution >= 4 is 58.3 Å². The highest BCUT2D eigenvalue weighted by molar-refractivity contribution is 6.40. The fourth-order valence-corrected chi connectivity index (χ4v) is 5.95. The predicted octanol–water partition coefficient (Wildman–Crippen LogP) is 5.45. The maximum Gasteiger partial charge on any atom is 0.408 e. The Bertz CT molecular complexity index is 1380. The molecule has 2 atom stereocenters. The fourth-order valence-electron chi connectivity index (χ4n) is 5.34. The number of rotatable bonds is 3. The van der Waals surface area contributed by atoms with E-state index in [1.54, 1.807) is 23.1 Å². The van der Waals surface area contributed by atoms with E-state index in [4.69, 9.17) is 23.2 Å². The minimum Gasteiger partial charge on any atom is -0.465 e. The Morgan fingerprint density at radius 2 is 1.83 bits per heavy atom. The molecule has 3 aliphatic rings. The number of aromatic nitrogens is 2. The quantitative estimate of drug-likeness (QED) is 0.482. The van der Waals surface area contributed by atoms with E-state index >= 15 is 0 Å². The minimum absolute atomic E-state index is 0.0734. The topological polar surface area (TPSA) is 102 Å². The number of benzene rings is 2. The van der Waals surface area contributed by atoms with Crippen LogP contribution in [-0.4, -0.2) is 45.7 Å². The first-order chi connectivity index (χ1) is 16.8. The third-order valence-electron chi connectivity index (χ3n) is 6.83. The Morgan fingerprint density at radius 1 is 1.11 bits per heavy atom. The van der Waals surface area contributed by atoms with Crippen molar-refractivity contribution in [2.24, 2.45) is 0 Å². The van der Waals surface area contributed by atoms with Gasteiger partial charge in [-0.05, 0) is 48.2 Å². The van der Waals surface area contributed by atoms with Crippen LogP contribution in [0.3, 0.4) is 0 Å². The van der Waals surface area contributed by atoms with Crippen molar-refractivity contribution in [3.63, 3.8) is 0 Å². The Morgan fingerprint density at radius 3 is 2.54 bits per heavy atom. The van der Waals surface area contributed by atoms with Crippen molar-refractivity contribution in [2.45, 2.75) is 24.9 Å². The second-order valence-corrected chi connectivity index (χ2v) is 9.66. The Kier molecular flexibility index (Phi) is 5.01. The van der Waals surface area contributed by atoms with Gasteiger partial charge in [-0.3, -0.25) is 14.6 Å². The molecule has 1 saturated heterocycles. The van der Waals surface area contributed by atoms with Gasteiger partial charge >= 0.3 is 6.09 Å². The Labute approximate surface area is 210 Å². The van der Waals surface area contributed by atoms with E-state index in [0.717, 1.165) is 29.7 Å². The molecule has 3 aliphatic heterocycles. The fraction of sp³-hybridized carbons (Fsp3) is 0.250. The lowest BCUT2D eigenvalue weighted by Crippen LogP contribution is -2.46. The van der Waals surface area contributed by atoms with Gasteiger partial charge in [-0.25, -0.2) is 9.78 Å². The highest BCUT2D eigenvalue weighted by Gasteiger charge is 2.46. The molecular formula is C24H20Cl2N6O3. The second kappa shape index (κ2) is 8.00. The standard InChI is InChI=1S/C24H20Cl2N6O3/c1-30-11-31(20-16(25)3-2-4-17(20)26)22(33)15-10-27-23(29-21(15)30)28-12-5-6-13-14(9-12)19-8-7-18(13)32(19)24(34)35/h2-6,9-10,18-19H,7-8,11H2,1H3,(H,34,35)(H,27,28,29). The molecule has 0 radical (unpaired) electrons. The van der Waals surface area contributed by atoms with Crippen LogP contribution in [0.4, 0.5) is 27.9 Å². The maximum absolute atomic E-state index is 13.3. The number of hydrogen-bond donors (Lipinski definition) is 2. The molecular weight excluding hydrogens is 491 g/mol. The molecule has 35 heavy (non-hydrogen) atoms. The highest BCUT2D eigenvalue weighted by Crippen LogP contribution is 2.53. The van der Waals surface area contributed by atoms with Crippen LogP contribution in [-0.2, 0) is 0 Å². The summed E-state index contributed by atoms with van der Waals surface area (Å²) in [5.74, 6) is 0.539. The number of halogens is 2. The zero-order chi connectivity index (χ0) is 24.4. The van der Waals surface area contributed by atoms with Gasteiger partial charge in [0.25, 0.3) is 5.91 Å². The summed E-state index contributed by atoms with van der Waals surface area (Å²) in [4.78, 5) is 38.8. The molecule has 3 aromatic rings. The van der Waals surface area contributed by atoms with Gasteiger partial charge in [-0.1, -0.05) is 35.3 Å². The van der Waals surface area contributed by atoms with Gasteiger partial charge in [0, 0.05) is 18.9 Å². The monoisotopic (exact) mass is 510 g/mol. The van der Waals surface area contributed by atoms with Gasteiger partial charge < -0.3 is 15.3 Å². The largest absolute Gasteiger partial charge is 0.465 e. The molecule has 0 saturated carbocycles. The van der Waals surface area contributed by atoms with Crippen molar-refractivity contribution in [3.8, 4) is 0 Å². The molecule has 6 rings (SSSR count). The lowest BCUT2D eigenvalue weighted by Gasteiger charge is -2.35. The van der Waals surface area contributed by atoms with Crippen LogP contribution in [0.1, 0.15) is 46.4 Å². The van der Waals surface area contributed by atoms with Gasteiger partial charge in [0.05, 0.1) is 34.5 Å². The number of carboxylic acid groups (broad SMARTS) is 1. The Balaban J connectivity index is 1.28. The third kappa shape index (κ3) is 3.37. The van der Waals surface area contributed by atoms with Gasteiger partial charge in [-0.2, -0.15) is 4.98 Å². The molecule has 0 aliphatic carbocycles. The van der Waals surface area contributed by atoms with Gasteiger partial charge in [0.2, 0.25) is 5.95 Å². The summed E-state index contributed by atoms with van der Waals surface area (Å²) in [5, 5.41) is 13.6. The predicted molar refractivity (Wildman–Crippen MR) is 133 cm³/mol. The molecule has 9 nitrogen and oxygen atoms in total. The zero-order valence-corrected chi connectivity index (χ0v) is 20.1. The Hall–Kier alpha value is -3.56. The zero-order valence-electron chi connectivity index (χ0n) is 18.6. The lowest BCUT2D eigenvalue weighted by atomic mass is 9.91. The van der Waals surface area contributed by atoms with Crippen molar-refractivity contribution in [1.82, 2.24) is 14.9 Å². The number of amides is 2. The first kappa shape index (κ1) is 21.9. The van der Waals surface area contributed by atoms with Crippen molar-refractivity contribution in [2.75, 3.05) is 28.8 Å². The van der Waals surface area contributed by atoms with Crippen LogP contribution < -0.4 is 15.1 Å². The van der Waals surface area contributed by atoms with Crippen LogP contribution in [0.15, 0.2) is 42.6 Å². The number of carbonyl (C=O) groups is 2. The average molecular weight is 511 g/mol. The summed E-state index contributed by atoms with van der Waals surface area (Å²) in [7, 11) is 1.83. The molecule has 2 bridgehead atoms. The molecule has 1 fully saturated rings. The number of para-hydroxylation sites is 1. The molecule has 2 amide bonds. The summed E-state index contributed by atoms with van der Waals surface area (Å²) < 4.78 is 0. The van der Waals surface area contributed by atoms with Crippen molar-refractivity contribution < 1.29 is 14.7 Å². The summed E-state index contributed by atoms with van der Waals surface area (Å²) >= 11 is 12.7. The number of nitrogens with zero attached hydrogens (tertiary/aromatic N) is 5. The van der Waals surface area contributed by atoms with Crippen LogP contribution in [0.2, 0.25) is 10.0 Å². The van der Waals surface area contributed by atoms with Crippen molar-refractivity contribution in [1.29, 1.82) is 0 Å². The third-order valence-corrected chi connectivity index (χ3v) is 7.44. The lowest BCUT2D eigenvalue weighted by molar-refractivity contribution is 0.0981. The van der Waals surface area contributed by atoms with E-state index in [9.17, 15) is 14.7 Å². The number of anilines is 4. The minimum atomic E-state index is -0.888. The van der Waals surface area contributed by atoms with E-state index in [0.29, 0.717) is 33.1 Å². The summed E-state index contributed by atoms with van der Waals surface area (Å²) in [6.07, 6.45) is 2.27. The molecule has 2 unspecified atom stereocenters. The average Bonchev–Trinajstić information content (AvgIpc) is 3.39. The molecule has 0 spiro atoms. The second-order valence-electron chi connectivity index (χ2n) is 8.84. The number of fused-ring (bicyclic) bond motifs is 6. The first-order valence-corrected chi connectivity index (χ1v) is 11.8. The van der Waals surface area contributed by atoms with Crippen LogP contribution in [0.5, 0.6) is 0 Å². The van der Waals surface area contributed by atoms with Crippen LogP contribution >= 0.6 is 23.2 Å². The summed E-state index contributed by atoms with van der Waals surface area (Å²) in [5.41, 5.74) is 3.62. The normalized spacial score (nSPS) is 20.2. The number of carbonyl (C=O) groups excluding carboxylic acids is 1. The number of nitrogens with one attached hydrogen (secondary N) is 1. The van der Waals surface area contributed by atoms with E-state index < -0.39 is 6.09 Å². The highest BCUT2D eigenvalue weighted by atomic mass is 35.5. The molecule has 4 heterocycles. The van der Waals surface area contributed by atoms with Gasteiger partial charge in [0.1, 0.15) is 11.4 Å². The van der Waals surface area contributed by atoms with E-state index in [1.807, 2.05) is 30.1 Å². The van der Waals surface area contributed by atoms with E-state index in [-0.39, 0.29) is 24.7 Å². The van der Waals surface area contributed by atoms with Gasteiger partial charge in [0.15, 0.2) is 0 Å². The maximum atomic E-state index is 13.3. The molecule has 2 N–H and O–H groups in total. The van der Waals surface area contributed by atoms with E-state index in [2.05, 4.69) is 15.3 Å². The van der Waals surface area contributed by atoms with E-state index in [1.165, 1.54) is 11.1 Å². The van der Waals surface area contributed by atoms with Crippen molar-refractivity contribution in [3.05, 3.63) is 69.3 Å².